The highest BCUT2D eigenvalue weighted by Gasteiger charge is 2.27. The van der Waals surface area contributed by atoms with Crippen LogP contribution in [0.5, 0.6) is 0 Å². The Morgan fingerprint density at radius 2 is 1.85 bits per heavy atom. The number of carbonyl (C=O) groups excluding carboxylic acids is 4. The van der Waals surface area contributed by atoms with Crippen LogP contribution in [0, 0.1) is 0 Å². The Labute approximate surface area is 155 Å². The Bertz CT molecular complexity index is 577. The molecule has 152 valence electrons. The summed E-state index contributed by atoms with van der Waals surface area (Å²) < 4.78 is 0. The molecule has 3 atom stereocenters. The van der Waals surface area contributed by atoms with Crippen molar-refractivity contribution in [2.24, 2.45) is 5.73 Å². The van der Waals surface area contributed by atoms with Gasteiger partial charge in [0.15, 0.2) is 0 Å². The number of hydrogen-bond donors (Lipinski definition) is 7. The van der Waals surface area contributed by atoms with Crippen molar-refractivity contribution in [3.8, 4) is 0 Å². The molecule has 4 amide bonds. The summed E-state index contributed by atoms with van der Waals surface area (Å²) >= 11 is 0. The van der Waals surface area contributed by atoms with E-state index in [2.05, 4.69) is 21.3 Å². The van der Waals surface area contributed by atoms with E-state index in [1.165, 1.54) is 0 Å². The highest BCUT2D eigenvalue weighted by molar-refractivity contribution is 5.92. The van der Waals surface area contributed by atoms with Crippen molar-refractivity contribution in [3.05, 3.63) is 0 Å². The summed E-state index contributed by atoms with van der Waals surface area (Å²) in [6.07, 6.45) is 1.04. The molecule has 0 spiro atoms. The Morgan fingerprint density at radius 1 is 1.15 bits per heavy atom. The number of carboxylic acids is 1. The van der Waals surface area contributed by atoms with E-state index in [0.29, 0.717) is 13.0 Å². The maximum atomic E-state index is 12.0. The molecule has 0 aromatic rings. The highest BCUT2D eigenvalue weighted by Crippen LogP contribution is 2.05. The van der Waals surface area contributed by atoms with E-state index < -0.39 is 60.9 Å². The first kappa shape index (κ1) is 22.3. The van der Waals surface area contributed by atoms with Crippen molar-refractivity contribution < 1.29 is 34.2 Å². The Kier molecular flexibility index (Phi) is 9.16. The van der Waals surface area contributed by atoms with Crippen LogP contribution in [0.1, 0.15) is 25.7 Å². The van der Waals surface area contributed by atoms with Crippen LogP contribution in [0.15, 0.2) is 0 Å². The fourth-order valence-electron chi connectivity index (χ4n) is 2.45. The second-order valence-electron chi connectivity index (χ2n) is 6.07. The zero-order chi connectivity index (χ0) is 20.4. The minimum atomic E-state index is -1.35. The van der Waals surface area contributed by atoms with E-state index in [1.54, 1.807) is 0 Å². The van der Waals surface area contributed by atoms with Gasteiger partial charge in [-0.05, 0) is 25.8 Å². The molecule has 0 bridgehead atoms. The summed E-state index contributed by atoms with van der Waals surface area (Å²) in [5.41, 5.74) is 4.94. The van der Waals surface area contributed by atoms with Gasteiger partial charge in [0, 0.05) is 6.42 Å². The Balaban J connectivity index is 2.44. The van der Waals surface area contributed by atoms with Crippen LogP contribution in [0.25, 0.3) is 0 Å². The molecule has 0 aliphatic carbocycles. The maximum absolute atomic E-state index is 12.0. The van der Waals surface area contributed by atoms with Crippen molar-refractivity contribution in [3.63, 3.8) is 0 Å². The Hall–Kier alpha value is -2.73. The highest BCUT2D eigenvalue weighted by atomic mass is 16.4. The summed E-state index contributed by atoms with van der Waals surface area (Å²) in [5.74, 6) is -4.07. The number of nitrogens with one attached hydrogen (secondary N) is 4. The summed E-state index contributed by atoms with van der Waals surface area (Å²) in [7, 11) is 0. The normalized spacial score (nSPS) is 18.2. The molecule has 12 heteroatoms. The number of carbonyl (C=O) groups is 5. The minimum absolute atomic E-state index is 0.186. The van der Waals surface area contributed by atoms with Gasteiger partial charge in [0.05, 0.1) is 19.2 Å². The number of aliphatic hydroxyl groups is 1. The van der Waals surface area contributed by atoms with Crippen LogP contribution >= 0.6 is 0 Å². The van der Waals surface area contributed by atoms with Gasteiger partial charge in [-0.25, -0.2) is 4.79 Å². The van der Waals surface area contributed by atoms with Gasteiger partial charge < -0.3 is 37.2 Å². The molecule has 1 heterocycles. The van der Waals surface area contributed by atoms with Gasteiger partial charge in [0.1, 0.15) is 12.1 Å². The third-order valence-electron chi connectivity index (χ3n) is 3.93. The minimum Gasteiger partial charge on any atom is -0.480 e. The first-order valence-electron chi connectivity index (χ1n) is 8.47. The van der Waals surface area contributed by atoms with Crippen LogP contribution in [0.3, 0.4) is 0 Å². The molecular formula is C15H25N5O7. The van der Waals surface area contributed by atoms with E-state index in [0.717, 1.165) is 6.42 Å². The number of rotatable bonds is 11. The number of amides is 4. The molecule has 3 unspecified atom stereocenters. The van der Waals surface area contributed by atoms with Crippen LogP contribution in [-0.2, 0) is 24.0 Å². The molecule has 1 fully saturated rings. The number of primary amides is 1. The monoisotopic (exact) mass is 387 g/mol. The maximum Gasteiger partial charge on any atom is 0.326 e. The first-order chi connectivity index (χ1) is 12.7. The number of nitrogens with two attached hydrogens (primary N) is 1. The third kappa shape index (κ3) is 8.00. The predicted octanol–water partition coefficient (Wildman–Crippen LogP) is -3.83. The SMILES string of the molecule is NC(=O)CCC(NC(=O)CNC(=O)C(CO)NC(=O)C1CCCN1)C(=O)O. The standard InChI is InChI=1S/C15H25N5O7/c16-11(22)4-3-9(15(26)27)19-12(23)6-18-13(24)10(7-21)20-14(25)8-2-1-5-17-8/h8-10,17,21H,1-7H2,(H2,16,22)(H,18,24)(H,19,23)(H,20,25)(H,26,27). The number of aliphatic carboxylic acids is 1. The number of carboxylic acid groups (broad SMARTS) is 1. The van der Waals surface area contributed by atoms with Gasteiger partial charge in [-0.3, -0.25) is 19.2 Å². The molecule has 0 aromatic heterocycles. The van der Waals surface area contributed by atoms with Crippen molar-refractivity contribution in [2.45, 2.75) is 43.8 Å². The van der Waals surface area contributed by atoms with Crippen molar-refractivity contribution in [1.29, 1.82) is 0 Å². The second-order valence-corrected chi connectivity index (χ2v) is 6.07. The third-order valence-corrected chi connectivity index (χ3v) is 3.93. The zero-order valence-electron chi connectivity index (χ0n) is 14.7. The zero-order valence-corrected chi connectivity index (χ0v) is 14.7. The molecule has 1 aliphatic rings. The molecule has 1 saturated heterocycles. The van der Waals surface area contributed by atoms with Crippen LogP contribution < -0.4 is 27.0 Å². The second kappa shape index (κ2) is 11.1. The van der Waals surface area contributed by atoms with E-state index in [9.17, 15) is 29.1 Å². The summed E-state index contributed by atoms with van der Waals surface area (Å²) in [4.78, 5) is 57.5. The van der Waals surface area contributed by atoms with Gasteiger partial charge in [-0.1, -0.05) is 0 Å². The largest absolute Gasteiger partial charge is 0.480 e. The molecular weight excluding hydrogens is 362 g/mol. The van der Waals surface area contributed by atoms with Gasteiger partial charge in [0.2, 0.25) is 23.6 Å². The van der Waals surface area contributed by atoms with E-state index >= 15 is 0 Å². The molecule has 0 aromatic carbocycles. The number of aliphatic hydroxyl groups excluding tert-OH is 1. The van der Waals surface area contributed by atoms with E-state index in [1.807, 2.05) is 0 Å². The smallest absolute Gasteiger partial charge is 0.326 e. The summed E-state index contributed by atoms with van der Waals surface area (Å²) in [6.45, 7) is -0.537. The lowest BCUT2D eigenvalue weighted by molar-refractivity contribution is -0.142. The molecule has 0 radical (unpaired) electrons. The topological polar surface area (TPSA) is 200 Å². The van der Waals surface area contributed by atoms with Crippen LogP contribution in [-0.4, -0.2) is 77.6 Å². The lowest BCUT2D eigenvalue weighted by atomic mass is 10.1. The lowest BCUT2D eigenvalue weighted by Crippen LogP contribution is -2.54. The van der Waals surface area contributed by atoms with E-state index in [-0.39, 0.29) is 12.8 Å². The average molecular weight is 387 g/mol. The lowest BCUT2D eigenvalue weighted by Gasteiger charge is -2.19. The Morgan fingerprint density at radius 3 is 2.37 bits per heavy atom. The molecule has 0 saturated carbocycles. The summed E-state index contributed by atoms with van der Waals surface area (Å²) in [5, 5.41) is 28.0. The first-order valence-corrected chi connectivity index (χ1v) is 8.47. The molecule has 1 rings (SSSR count). The van der Waals surface area contributed by atoms with Crippen molar-refractivity contribution in [1.82, 2.24) is 21.3 Å². The fraction of sp³-hybridized carbons (Fsp3) is 0.667. The van der Waals surface area contributed by atoms with Crippen LogP contribution in [0.4, 0.5) is 0 Å². The predicted molar refractivity (Wildman–Crippen MR) is 91.0 cm³/mol. The number of hydrogen-bond acceptors (Lipinski definition) is 7. The quantitative estimate of drug-likeness (QED) is 0.187. The van der Waals surface area contributed by atoms with Crippen molar-refractivity contribution >= 4 is 29.6 Å². The van der Waals surface area contributed by atoms with Crippen LogP contribution in [0.2, 0.25) is 0 Å². The molecule has 27 heavy (non-hydrogen) atoms. The summed E-state index contributed by atoms with van der Waals surface area (Å²) in [6, 6.07) is -3.00. The van der Waals surface area contributed by atoms with Crippen molar-refractivity contribution in [2.75, 3.05) is 19.7 Å². The average Bonchev–Trinajstić information content (AvgIpc) is 3.15. The van der Waals surface area contributed by atoms with Gasteiger partial charge in [-0.15, -0.1) is 0 Å². The molecule has 1 aliphatic heterocycles. The molecule has 12 nitrogen and oxygen atoms in total. The fourth-order valence-corrected chi connectivity index (χ4v) is 2.45. The van der Waals surface area contributed by atoms with Gasteiger partial charge in [0.25, 0.3) is 0 Å². The van der Waals surface area contributed by atoms with E-state index in [4.69, 9.17) is 10.8 Å². The van der Waals surface area contributed by atoms with Gasteiger partial charge >= 0.3 is 5.97 Å². The van der Waals surface area contributed by atoms with Gasteiger partial charge in [-0.2, -0.15) is 0 Å². The molecule has 8 N–H and O–H groups in total.